The maximum absolute atomic E-state index is 12.0. The standard InChI is InChI=1S/C16H19NO3S/c1-19-11-12-5-7-13(8-6-12)15(16(18)20-2)17-10-14-4-3-9-21-14/h3-9,15,17H,10-11H2,1-2H3. The minimum Gasteiger partial charge on any atom is -0.468 e. The lowest BCUT2D eigenvalue weighted by atomic mass is 10.0. The highest BCUT2D eigenvalue weighted by molar-refractivity contribution is 7.09. The van der Waals surface area contributed by atoms with E-state index in [4.69, 9.17) is 9.47 Å². The summed E-state index contributed by atoms with van der Waals surface area (Å²) in [4.78, 5) is 13.2. The van der Waals surface area contributed by atoms with Gasteiger partial charge in [-0.25, -0.2) is 4.79 Å². The van der Waals surface area contributed by atoms with E-state index in [9.17, 15) is 4.79 Å². The molecule has 1 unspecified atom stereocenters. The summed E-state index contributed by atoms with van der Waals surface area (Å²) in [5, 5.41) is 5.26. The summed E-state index contributed by atoms with van der Waals surface area (Å²) in [6.45, 7) is 1.20. The molecule has 0 spiro atoms. The predicted molar refractivity (Wildman–Crippen MR) is 83.1 cm³/mol. The lowest BCUT2D eigenvalue weighted by Crippen LogP contribution is -2.29. The summed E-state index contributed by atoms with van der Waals surface area (Å²) in [5.74, 6) is -0.286. The van der Waals surface area contributed by atoms with Gasteiger partial charge in [0.15, 0.2) is 0 Å². The van der Waals surface area contributed by atoms with Gasteiger partial charge in [0.05, 0.1) is 13.7 Å². The van der Waals surface area contributed by atoms with Crippen LogP contribution < -0.4 is 5.32 Å². The van der Waals surface area contributed by atoms with Gasteiger partial charge in [-0.15, -0.1) is 11.3 Å². The van der Waals surface area contributed by atoms with Gasteiger partial charge >= 0.3 is 5.97 Å². The number of ether oxygens (including phenoxy) is 2. The Morgan fingerprint density at radius 1 is 1.24 bits per heavy atom. The molecule has 0 bridgehead atoms. The zero-order chi connectivity index (χ0) is 15.1. The number of esters is 1. The highest BCUT2D eigenvalue weighted by Gasteiger charge is 2.20. The maximum Gasteiger partial charge on any atom is 0.327 e. The molecule has 21 heavy (non-hydrogen) atoms. The third-order valence-corrected chi connectivity index (χ3v) is 4.00. The highest BCUT2D eigenvalue weighted by atomic mass is 32.1. The van der Waals surface area contributed by atoms with Gasteiger partial charge in [0, 0.05) is 18.5 Å². The van der Waals surface area contributed by atoms with Crippen LogP contribution >= 0.6 is 11.3 Å². The van der Waals surface area contributed by atoms with E-state index in [1.165, 1.54) is 12.0 Å². The van der Waals surface area contributed by atoms with E-state index in [-0.39, 0.29) is 5.97 Å². The van der Waals surface area contributed by atoms with Gasteiger partial charge in [0.1, 0.15) is 6.04 Å². The van der Waals surface area contributed by atoms with Crippen molar-refractivity contribution in [1.82, 2.24) is 5.32 Å². The van der Waals surface area contributed by atoms with Crippen molar-refractivity contribution in [3.63, 3.8) is 0 Å². The van der Waals surface area contributed by atoms with E-state index in [1.807, 2.05) is 41.8 Å². The Balaban J connectivity index is 2.09. The Bertz CT molecular complexity index is 551. The van der Waals surface area contributed by atoms with E-state index in [2.05, 4.69) is 5.32 Å². The fourth-order valence-corrected chi connectivity index (χ4v) is 2.70. The van der Waals surface area contributed by atoms with Crippen molar-refractivity contribution < 1.29 is 14.3 Å². The maximum atomic E-state index is 12.0. The number of carbonyl (C=O) groups excluding carboxylic acids is 1. The smallest absolute Gasteiger partial charge is 0.327 e. The summed E-state index contributed by atoms with van der Waals surface area (Å²) < 4.78 is 9.98. The molecule has 1 aromatic carbocycles. The topological polar surface area (TPSA) is 47.6 Å². The lowest BCUT2D eigenvalue weighted by Gasteiger charge is -2.17. The average Bonchev–Trinajstić information content (AvgIpc) is 3.02. The minimum atomic E-state index is -0.464. The molecule has 1 heterocycles. The molecular formula is C16H19NO3S. The van der Waals surface area contributed by atoms with Crippen LogP contribution in [0.15, 0.2) is 41.8 Å². The van der Waals surface area contributed by atoms with Gasteiger partial charge in [0.25, 0.3) is 0 Å². The molecule has 0 aliphatic heterocycles. The fourth-order valence-electron chi connectivity index (χ4n) is 2.04. The number of hydrogen-bond donors (Lipinski definition) is 1. The first-order valence-corrected chi connectivity index (χ1v) is 7.54. The number of nitrogens with one attached hydrogen (secondary N) is 1. The zero-order valence-corrected chi connectivity index (χ0v) is 13.0. The third-order valence-electron chi connectivity index (χ3n) is 3.12. The molecule has 5 heteroatoms. The molecule has 2 aromatic rings. The molecular weight excluding hydrogens is 286 g/mol. The van der Waals surface area contributed by atoms with Crippen LogP contribution in [0.25, 0.3) is 0 Å². The first-order chi connectivity index (χ1) is 10.2. The number of rotatable bonds is 7. The van der Waals surface area contributed by atoms with Crippen molar-refractivity contribution in [2.45, 2.75) is 19.2 Å². The first-order valence-electron chi connectivity index (χ1n) is 6.66. The van der Waals surface area contributed by atoms with Crippen molar-refractivity contribution in [3.05, 3.63) is 57.8 Å². The van der Waals surface area contributed by atoms with Gasteiger partial charge in [-0.2, -0.15) is 0 Å². The van der Waals surface area contributed by atoms with E-state index in [1.54, 1.807) is 18.4 Å². The summed E-state index contributed by atoms with van der Waals surface area (Å²) in [7, 11) is 3.06. The van der Waals surface area contributed by atoms with Crippen molar-refractivity contribution in [1.29, 1.82) is 0 Å². The SMILES string of the molecule is COCc1ccc(C(NCc2cccs2)C(=O)OC)cc1. The zero-order valence-electron chi connectivity index (χ0n) is 12.2. The third kappa shape index (κ3) is 4.39. The molecule has 1 atom stereocenters. The van der Waals surface area contributed by atoms with Crippen LogP contribution in [0.4, 0.5) is 0 Å². The average molecular weight is 305 g/mol. The fraction of sp³-hybridized carbons (Fsp3) is 0.312. The Morgan fingerprint density at radius 2 is 2.00 bits per heavy atom. The molecule has 0 radical (unpaired) electrons. The molecule has 1 N–H and O–H groups in total. The Hall–Kier alpha value is -1.69. The van der Waals surface area contributed by atoms with Crippen molar-refractivity contribution in [3.8, 4) is 0 Å². The van der Waals surface area contributed by atoms with E-state index < -0.39 is 6.04 Å². The van der Waals surface area contributed by atoms with Gasteiger partial charge in [-0.05, 0) is 22.6 Å². The van der Waals surface area contributed by atoms with E-state index in [0.29, 0.717) is 13.2 Å². The number of methoxy groups -OCH3 is 2. The molecule has 0 aliphatic rings. The number of benzene rings is 1. The van der Waals surface area contributed by atoms with E-state index >= 15 is 0 Å². The van der Waals surface area contributed by atoms with Crippen LogP contribution in [0.1, 0.15) is 22.0 Å². The van der Waals surface area contributed by atoms with Crippen LogP contribution in [-0.2, 0) is 27.4 Å². The lowest BCUT2D eigenvalue weighted by molar-refractivity contribution is -0.143. The molecule has 0 fully saturated rings. The molecule has 2 rings (SSSR count). The summed E-state index contributed by atoms with van der Waals surface area (Å²) in [6.07, 6.45) is 0. The monoisotopic (exact) mass is 305 g/mol. The predicted octanol–water partition coefficient (Wildman–Crippen LogP) is 2.90. The number of hydrogen-bond acceptors (Lipinski definition) is 5. The van der Waals surface area contributed by atoms with Gasteiger partial charge in [-0.1, -0.05) is 30.3 Å². The second kappa shape index (κ2) is 7.93. The van der Waals surface area contributed by atoms with Crippen LogP contribution in [0.3, 0.4) is 0 Å². The van der Waals surface area contributed by atoms with Crippen LogP contribution in [0.2, 0.25) is 0 Å². The van der Waals surface area contributed by atoms with Crippen LogP contribution in [0.5, 0.6) is 0 Å². The molecule has 0 amide bonds. The largest absolute Gasteiger partial charge is 0.468 e. The molecule has 0 saturated heterocycles. The second-order valence-electron chi connectivity index (χ2n) is 4.59. The molecule has 1 aromatic heterocycles. The molecule has 0 aliphatic carbocycles. The van der Waals surface area contributed by atoms with Crippen molar-refractivity contribution >= 4 is 17.3 Å². The Labute approximate surface area is 128 Å². The van der Waals surface area contributed by atoms with Crippen molar-refractivity contribution in [2.75, 3.05) is 14.2 Å². The minimum absolute atomic E-state index is 0.286. The first kappa shape index (κ1) is 15.7. The molecule has 112 valence electrons. The quantitative estimate of drug-likeness (QED) is 0.799. The Morgan fingerprint density at radius 3 is 2.57 bits per heavy atom. The van der Waals surface area contributed by atoms with Gasteiger partial charge < -0.3 is 9.47 Å². The summed E-state index contributed by atoms with van der Waals surface area (Å²) in [5.41, 5.74) is 1.96. The highest BCUT2D eigenvalue weighted by Crippen LogP contribution is 2.18. The normalized spacial score (nSPS) is 12.1. The number of thiophene rings is 1. The van der Waals surface area contributed by atoms with Gasteiger partial charge in [-0.3, -0.25) is 5.32 Å². The molecule has 4 nitrogen and oxygen atoms in total. The van der Waals surface area contributed by atoms with Crippen LogP contribution in [0, 0.1) is 0 Å². The second-order valence-corrected chi connectivity index (χ2v) is 5.62. The van der Waals surface area contributed by atoms with Gasteiger partial charge in [0.2, 0.25) is 0 Å². The Kier molecular flexibility index (Phi) is 5.92. The van der Waals surface area contributed by atoms with Crippen LogP contribution in [-0.4, -0.2) is 20.2 Å². The summed E-state index contributed by atoms with van der Waals surface area (Å²) in [6, 6.07) is 11.3. The number of carbonyl (C=O) groups is 1. The summed E-state index contributed by atoms with van der Waals surface area (Å²) >= 11 is 1.66. The van der Waals surface area contributed by atoms with Crippen molar-refractivity contribution in [2.24, 2.45) is 0 Å². The van der Waals surface area contributed by atoms with E-state index in [0.717, 1.165) is 11.1 Å². The molecule has 0 saturated carbocycles.